The van der Waals surface area contributed by atoms with Crippen molar-refractivity contribution in [3.8, 4) is 0 Å². The zero-order valence-corrected chi connectivity index (χ0v) is 9.09. The fourth-order valence-electron chi connectivity index (χ4n) is 1.61. The van der Waals surface area contributed by atoms with Crippen molar-refractivity contribution in [1.29, 1.82) is 0 Å². The van der Waals surface area contributed by atoms with Crippen molar-refractivity contribution in [2.24, 2.45) is 5.73 Å². The minimum atomic E-state index is 0.254. The molecule has 0 bridgehead atoms. The maximum atomic E-state index is 5.88. The first-order valence-electron chi connectivity index (χ1n) is 4.48. The summed E-state index contributed by atoms with van der Waals surface area (Å²) in [5.74, 6) is 0. The number of nitrogens with two attached hydrogens (primary N) is 1. The van der Waals surface area contributed by atoms with E-state index < -0.39 is 0 Å². The molecule has 2 rings (SSSR count). The average Bonchev–Trinajstić information content (AvgIpc) is 2.57. The fraction of sp³-hybridized carbons (Fsp3) is 0.444. The molecule has 1 aromatic rings. The van der Waals surface area contributed by atoms with Gasteiger partial charge in [-0.1, -0.05) is 23.2 Å². The summed E-state index contributed by atoms with van der Waals surface area (Å²) in [5.41, 5.74) is 6.80. The van der Waals surface area contributed by atoms with Crippen molar-refractivity contribution < 1.29 is 0 Å². The Morgan fingerprint density at radius 1 is 1.50 bits per heavy atom. The molecule has 5 heteroatoms. The summed E-state index contributed by atoms with van der Waals surface area (Å²) < 4.78 is 0. The minimum Gasteiger partial charge on any atom is -0.369 e. The molecule has 1 aliphatic rings. The number of hydrogen-bond acceptors (Lipinski definition) is 3. The number of rotatable bonds is 1. The van der Waals surface area contributed by atoms with E-state index in [1.54, 1.807) is 6.20 Å². The monoisotopic (exact) mass is 231 g/mol. The van der Waals surface area contributed by atoms with Gasteiger partial charge in [0.15, 0.2) is 0 Å². The highest BCUT2D eigenvalue weighted by molar-refractivity contribution is 6.41. The second-order valence-corrected chi connectivity index (χ2v) is 4.23. The van der Waals surface area contributed by atoms with Crippen LogP contribution < -0.4 is 10.6 Å². The summed E-state index contributed by atoms with van der Waals surface area (Å²) >= 11 is 11.6. The molecule has 0 saturated carbocycles. The Kier molecular flexibility index (Phi) is 2.81. The Morgan fingerprint density at radius 2 is 2.29 bits per heavy atom. The van der Waals surface area contributed by atoms with E-state index in [-0.39, 0.29) is 6.04 Å². The molecule has 2 heterocycles. The fourth-order valence-corrected chi connectivity index (χ4v) is 1.87. The van der Waals surface area contributed by atoms with Gasteiger partial charge in [-0.05, 0) is 12.5 Å². The van der Waals surface area contributed by atoms with Crippen molar-refractivity contribution in [2.45, 2.75) is 12.5 Å². The highest BCUT2D eigenvalue weighted by Crippen LogP contribution is 2.26. The molecule has 76 valence electrons. The number of halogens is 2. The molecule has 2 N–H and O–H groups in total. The largest absolute Gasteiger partial charge is 0.369 e. The van der Waals surface area contributed by atoms with Crippen LogP contribution in [0.2, 0.25) is 10.2 Å². The summed E-state index contributed by atoms with van der Waals surface area (Å²) in [6, 6.07) is 2.08. The van der Waals surface area contributed by atoms with Gasteiger partial charge in [0.25, 0.3) is 0 Å². The van der Waals surface area contributed by atoms with Gasteiger partial charge in [0.2, 0.25) is 0 Å². The van der Waals surface area contributed by atoms with Crippen LogP contribution >= 0.6 is 23.2 Å². The number of anilines is 1. The second-order valence-electron chi connectivity index (χ2n) is 3.46. The Balaban J connectivity index is 2.20. The number of hydrogen-bond donors (Lipinski definition) is 1. The molecular formula is C9H11Cl2N3. The molecule has 3 nitrogen and oxygen atoms in total. The summed E-state index contributed by atoms with van der Waals surface area (Å²) in [7, 11) is 0. The van der Waals surface area contributed by atoms with E-state index in [2.05, 4.69) is 9.88 Å². The summed E-state index contributed by atoms with van der Waals surface area (Å²) in [6.07, 6.45) is 2.74. The standard InChI is InChI=1S/C9H11Cl2N3/c10-8-3-7(4-13-9(8)11)14-2-1-6(12)5-14/h3-4,6H,1-2,5,12H2. The molecule has 1 aliphatic heterocycles. The molecule has 0 spiro atoms. The van der Waals surface area contributed by atoms with Crippen LogP contribution in [0.4, 0.5) is 5.69 Å². The first-order chi connectivity index (χ1) is 6.66. The Hall–Kier alpha value is -0.510. The minimum absolute atomic E-state index is 0.254. The lowest BCUT2D eigenvalue weighted by Gasteiger charge is -2.17. The normalized spacial score (nSPS) is 21.6. The molecule has 1 atom stereocenters. The van der Waals surface area contributed by atoms with Gasteiger partial charge in [0, 0.05) is 19.1 Å². The van der Waals surface area contributed by atoms with E-state index in [0.717, 1.165) is 25.2 Å². The van der Waals surface area contributed by atoms with Crippen molar-refractivity contribution in [3.63, 3.8) is 0 Å². The maximum absolute atomic E-state index is 5.88. The molecular weight excluding hydrogens is 221 g/mol. The van der Waals surface area contributed by atoms with E-state index >= 15 is 0 Å². The average molecular weight is 232 g/mol. The van der Waals surface area contributed by atoms with Gasteiger partial charge in [-0.25, -0.2) is 4.98 Å². The zero-order chi connectivity index (χ0) is 10.1. The van der Waals surface area contributed by atoms with Crippen LogP contribution in [0.15, 0.2) is 12.3 Å². The highest BCUT2D eigenvalue weighted by atomic mass is 35.5. The van der Waals surface area contributed by atoms with E-state index in [9.17, 15) is 0 Å². The smallest absolute Gasteiger partial charge is 0.147 e. The Labute approximate surface area is 92.8 Å². The number of nitrogens with zero attached hydrogens (tertiary/aromatic N) is 2. The maximum Gasteiger partial charge on any atom is 0.147 e. The van der Waals surface area contributed by atoms with Crippen LogP contribution in [0.1, 0.15) is 6.42 Å². The first kappa shape index (κ1) is 10.0. The number of pyridine rings is 1. The molecule has 1 aromatic heterocycles. The molecule has 1 saturated heterocycles. The molecule has 0 aromatic carbocycles. The van der Waals surface area contributed by atoms with Crippen LogP contribution in [0.3, 0.4) is 0 Å². The van der Waals surface area contributed by atoms with Crippen LogP contribution in [0.25, 0.3) is 0 Å². The third-order valence-corrected chi connectivity index (χ3v) is 3.06. The Bertz CT molecular complexity index is 343. The zero-order valence-electron chi connectivity index (χ0n) is 7.58. The predicted molar refractivity (Wildman–Crippen MR) is 59.1 cm³/mol. The molecule has 1 unspecified atom stereocenters. The van der Waals surface area contributed by atoms with Crippen LogP contribution in [-0.2, 0) is 0 Å². The SMILES string of the molecule is NC1CCN(c2cnc(Cl)c(Cl)c2)C1. The molecule has 0 radical (unpaired) electrons. The molecule has 0 amide bonds. The molecule has 1 fully saturated rings. The van der Waals surface area contributed by atoms with Crippen LogP contribution in [0.5, 0.6) is 0 Å². The van der Waals surface area contributed by atoms with E-state index in [0.29, 0.717) is 10.2 Å². The predicted octanol–water partition coefficient (Wildman–Crippen LogP) is 1.93. The lowest BCUT2D eigenvalue weighted by molar-refractivity contribution is 0.752. The molecule has 0 aliphatic carbocycles. The van der Waals surface area contributed by atoms with Gasteiger partial charge in [-0.2, -0.15) is 0 Å². The lowest BCUT2D eigenvalue weighted by Crippen LogP contribution is -2.26. The number of aromatic nitrogens is 1. The van der Waals surface area contributed by atoms with Gasteiger partial charge in [-0.15, -0.1) is 0 Å². The van der Waals surface area contributed by atoms with Crippen LogP contribution in [-0.4, -0.2) is 24.1 Å². The van der Waals surface area contributed by atoms with Gasteiger partial charge < -0.3 is 10.6 Å². The van der Waals surface area contributed by atoms with Gasteiger partial charge in [0.05, 0.1) is 16.9 Å². The van der Waals surface area contributed by atoms with E-state index in [1.165, 1.54) is 0 Å². The van der Waals surface area contributed by atoms with Crippen molar-refractivity contribution in [1.82, 2.24) is 4.98 Å². The first-order valence-corrected chi connectivity index (χ1v) is 5.24. The summed E-state index contributed by atoms with van der Waals surface area (Å²) in [6.45, 7) is 1.82. The topological polar surface area (TPSA) is 42.1 Å². The quantitative estimate of drug-likeness (QED) is 0.752. The van der Waals surface area contributed by atoms with Gasteiger partial charge in [0.1, 0.15) is 5.15 Å². The third kappa shape index (κ3) is 1.95. The lowest BCUT2D eigenvalue weighted by atomic mass is 10.3. The molecule has 14 heavy (non-hydrogen) atoms. The highest BCUT2D eigenvalue weighted by Gasteiger charge is 2.19. The summed E-state index contributed by atoms with van der Waals surface area (Å²) in [5, 5.41) is 0.837. The second kappa shape index (κ2) is 3.93. The van der Waals surface area contributed by atoms with Crippen molar-refractivity contribution >= 4 is 28.9 Å². The van der Waals surface area contributed by atoms with Crippen molar-refractivity contribution in [2.75, 3.05) is 18.0 Å². The van der Waals surface area contributed by atoms with Gasteiger partial charge >= 0.3 is 0 Å². The Morgan fingerprint density at radius 3 is 2.86 bits per heavy atom. The third-order valence-electron chi connectivity index (χ3n) is 2.37. The van der Waals surface area contributed by atoms with E-state index in [4.69, 9.17) is 28.9 Å². The van der Waals surface area contributed by atoms with Crippen molar-refractivity contribution in [3.05, 3.63) is 22.4 Å². The summed E-state index contributed by atoms with van der Waals surface area (Å²) in [4.78, 5) is 6.17. The van der Waals surface area contributed by atoms with Crippen LogP contribution in [0, 0.1) is 0 Å². The van der Waals surface area contributed by atoms with E-state index in [1.807, 2.05) is 6.07 Å². The van der Waals surface area contributed by atoms with Gasteiger partial charge in [-0.3, -0.25) is 0 Å².